The molecule has 4 nitrogen and oxygen atoms in total. The standard InChI is InChI=1S/C11H6Cl2F3N3O/c12-8-5-9(13)19-10(18-8)17-6-1-3-7(4-2-6)20-11(14,15)16/h1-5H,(H,17,18,19). The van der Waals surface area contributed by atoms with Gasteiger partial charge in [0.05, 0.1) is 0 Å². The molecule has 1 aromatic carbocycles. The second-order valence-electron chi connectivity index (χ2n) is 3.53. The summed E-state index contributed by atoms with van der Waals surface area (Å²) in [5.41, 5.74) is 0.456. The fourth-order valence-corrected chi connectivity index (χ4v) is 1.74. The zero-order chi connectivity index (χ0) is 14.8. The molecule has 0 aliphatic carbocycles. The molecule has 106 valence electrons. The van der Waals surface area contributed by atoms with Gasteiger partial charge in [0, 0.05) is 11.8 Å². The maximum atomic E-state index is 12.0. The summed E-state index contributed by atoms with van der Waals surface area (Å²) in [5, 5.41) is 3.03. The minimum absolute atomic E-state index is 0.131. The van der Waals surface area contributed by atoms with Crippen molar-refractivity contribution >= 4 is 34.8 Å². The van der Waals surface area contributed by atoms with Crippen LogP contribution in [0.3, 0.4) is 0 Å². The predicted molar refractivity (Wildman–Crippen MR) is 68.5 cm³/mol. The Bertz CT molecular complexity index is 585. The summed E-state index contributed by atoms with van der Waals surface area (Å²) in [6.07, 6.45) is -4.72. The van der Waals surface area contributed by atoms with Gasteiger partial charge in [-0.2, -0.15) is 0 Å². The number of nitrogens with zero attached hydrogens (tertiary/aromatic N) is 2. The van der Waals surface area contributed by atoms with Crippen molar-refractivity contribution in [2.45, 2.75) is 6.36 Å². The molecule has 1 N–H and O–H groups in total. The number of nitrogens with one attached hydrogen (secondary N) is 1. The lowest BCUT2D eigenvalue weighted by atomic mass is 10.3. The molecule has 9 heteroatoms. The molecule has 0 saturated carbocycles. The van der Waals surface area contributed by atoms with Gasteiger partial charge in [0.15, 0.2) is 0 Å². The van der Waals surface area contributed by atoms with E-state index < -0.39 is 6.36 Å². The van der Waals surface area contributed by atoms with Gasteiger partial charge < -0.3 is 10.1 Å². The molecular formula is C11H6Cl2F3N3O. The highest BCUT2D eigenvalue weighted by Gasteiger charge is 2.30. The van der Waals surface area contributed by atoms with Gasteiger partial charge >= 0.3 is 6.36 Å². The zero-order valence-corrected chi connectivity index (χ0v) is 11.1. The van der Waals surface area contributed by atoms with Gasteiger partial charge in [-0.25, -0.2) is 9.97 Å². The summed E-state index contributed by atoms with van der Waals surface area (Å²) >= 11 is 11.4. The zero-order valence-electron chi connectivity index (χ0n) is 9.58. The number of aromatic nitrogens is 2. The number of rotatable bonds is 3. The Hall–Kier alpha value is -1.73. The van der Waals surface area contributed by atoms with Crippen molar-refractivity contribution in [3.63, 3.8) is 0 Å². The van der Waals surface area contributed by atoms with Crippen molar-refractivity contribution in [2.24, 2.45) is 0 Å². The summed E-state index contributed by atoms with van der Waals surface area (Å²) in [6.45, 7) is 0. The summed E-state index contributed by atoms with van der Waals surface area (Å²) < 4.78 is 39.7. The van der Waals surface area contributed by atoms with E-state index in [2.05, 4.69) is 20.0 Å². The smallest absolute Gasteiger partial charge is 0.406 e. The molecular weight excluding hydrogens is 318 g/mol. The lowest BCUT2D eigenvalue weighted by Crippen LogP contribution is -2.17. The third-order valence-corrected chi connectivity index (χ3v) is 2.39. The molecule has 0 fully saturated rings. The fraction of sp³-hybridized carbons (Fsp3) is 0.0909. The number of benzene rings is 1. The molecule has 0 atom stereocenters. The number of halogens is 5. The molecule has 0 saturated heterocycles. The number of alkyl halides is 3. The molecule has 0 unspecified atom stereocenters. The van der Waals surface area contributed by atoms with E-state index in [0.717, 1.165) is 12.1 Å². The Morgan fingerprint density at radius 3 is 2.05 bits per heavy atom. The van der Waals surface area contributed by atoms with E-state index in [1.54, 1.807) is 0 Å². The van der Waals surface area contributed by atoms with Gasteiger partial charge in [0.2, 0.25) is 5.95 Å². The maximum absolute atomic E-state index is 12.0. The normalized spacial score (nSPS) is 11.2. The Balaban J connectivity index is 2.10. The SMILES string of the molecule is FC(F)(F)Oc1ccc(Nc2nc(Cl)cc(Cl)n2)cc1. The van der Waals surface area contributed by atoms with E-state index >= 15 is 0 Å². The molecule has 0 aliphatic heterocycles. The second kappa shape index (κ2) is 5.72. The first kappa shape index (κ1) is 14.7. The topological polar surface area (TPSA) is 47.0 Å². The lowest BCUT2D eigenvalue weighted by molar-refractivity contribution is -0.274. The van der Waals surface area contributed by atoms with E-state index in [4.69, 9.17) is 23.2 Å². The highest BCUT2D eigenvalue weighted by molar-refractivity contribution is 6.33. The van der Waals surface area contributed by atoms with Crippen LogP contribution in [0.5, 0.6) is 5.75 Å². The minimum atomic E-state index is -4.72. The van der Waals surface area contributed by atoms with Crippen molar-refractivity contribution in [1.82, 2.24) is 9.97 Å². The first-order chi connectivity index (χ1) is 9.32. The summed E-state index contributed by atoms with van der Waals surface area (Å²) in [7, 11) is 0. The predicted octanol–water partition coefficient (Wildman–Crippen LogP) is 4.43. The first-order valence-electron chi connectivity index (χ1n) is 5.15. The highest BCUT2D eigenvalue weighted by atomic mass is 35.5. The first-order valence-corrected chi connectivity index (χ1v) is 5.90. The van der Waals surface area contributed by atoms with Crippen LogP contribution in [0, 0.1) is 0 Å². The fourth-order valence-electron chi connectivity index (χ4n) is 1.32. The monoisotopic (exact) mass is 323 g/mol. The Morgan fingerprint density at radius 2 is 1.55 bits per heavy atom. The summed E-state index contributed by atoms with van der Waals surface area (Å²) in [4.78, 5) is 7.72. The Morgan fingerprint density at radius 1 is 1.00 bits per heavy atom. The van der Waals surface area contributed by atoms with Gasteiger partial charge in [-0.15, -0.1) is 13.2 Å². The molecule has 0 amide bonds. The maximum Gasteiger partial charge on any atom is 0.573 e. The van der Waals surface area contributed by atoms with Crippen LogP contribution < -0.4 is 10.1 Å². The van der Waals surface area contributed by atoms with Crippen molar-refractivity contribution in [3.05, 3.63) is 40.6 Å². The van der Waals surface area contributed by atoms with Crippen molar-refractivity contribution in [1.29, 1.82) is 0 Å². The van der Waals surface area contributed by atoms with Crippen LogP contribution in [-0.4, -0.2) is 16.3 Å². The molecule has 0 radical (unpaired) electrons. The molecule has 0 aliphatic rings. The number of hydrogen-bond acceptors (Lipinski definition) is 4. The third kappa shape index (κ3) is 4.43. The van der Waals surface area contributed by atoms with Crippen LogP contribution in [0.1, 0.15) is 0 Å². The van der Waals surface area contributed by atoms with Gasteiger partial charge in [0.1, 0.15) is 16.1 Å². The molecule has 20 heavy (non-hydrogen) atoms. The Kier molecular flexibility index (Phi) is 4.20. The number of hydrogen-bond donors (Lipinski definition) is 1. The Labute approximate surface area is 121 Å². The van der Waals surface area contributed by atoms with Gasteiger partial charge in [-0.3, -0.25) is 0 Å². The molecule has 2 aromatic rings. The van der Waals surface area contributed by atoms with E-state index in [9.17, 15) is 13.2 Å². The summed E-state index contributed by atoms with van der Waals surface area (Å²) in [6, 6.07) is 6.41. The van der Waals surface area contributed by atoms with Crippen molar-refractivity contribution in [2.75, 3.05) is 5.32 Å². The average molecular weight is 324 g/mol. The quantitative estimate of drug-likeness (QED) is 0.849. The molecule has 2 rings (SSSR count). The van der Waals surface area contributed by atoms with E-state index in [1.807, 2.05) is 0 Å². The van der Waals surface area contributed by atoms with Gasteiger partial charge in [-0.05, 0) is 24.3 Å². The van der Waals surface area contributed by atoms with Crippen molar-refractivity contribution in [3.8, 4) is 5.75 Å². The molecule has 0 bridgehead atoms. The van der Waals surface area contributed by atoms with Crippen LogP contribution in [-0.2, 0) is 0 Å². The van der Waals surface area contributed by atoms with Gasteiger partial charge in [0.25, 0.3) is 0 Å². The second-order valence-corrected chi connectivity index (χ2v) is 4.31. The average Bonchev–Trinajstić information content (AvgIpc) is 2.28. The van der Waals surface area contributed by atoms with E-state index in [1.165, 1.54) is 18.2 Å². The lowest BCUT2D eigenvalue weighted by Gasteiger charge is -2.10. The third-order valence-electron chi connectivity index (χ3n) is 2.01. The largest absolute Gasteiger partial charge is 0.573 e. The number of ether oxygens (including phenoxy) is 1. The molecule has 1 aromatic heterocycles. The number of anilines is 2. The molecule has 0 spiro atoms. The van der Waals surface area contributed by atoms with Crippen LogP contribution in [0.15, 0.2) is 30.3 Å². The van der Waals surface area contributed by atoms with E-state index in [0.29, 0.717) is 5.69 Å². The van der Waals surface area contributed by atoms with Crippen LogP contribution in [0.4, 0.5) is 24.8 Å². The molecule has 1 heterocycles. The summed E-state index contributed by atoms with van der Waals surface area (Å²) in [5.74, 6) is -0.194. The van der Waals surface area contributed by atoms with Gasteiger partial charge in [-0.1, -0.05) is 23.2 Å². The van der Waals surface area contributed by atoms with Crippen molar-refractivity contribution < 1.29 is 17.9 Å². The highest BCUT2D eigenvalue weighted by Crippen LogP contribution is 2.25. The minimum Gasteiger partial charge on any atom is -0.406 e. The van der Waals surface area contributed by atoms with Crippen LogP contribution in [0.25, 0.3) is 0 Å². The van der Waals surface area contributed by atoms with E-state index in [-0.39, 0.29) is 22.0 Å². The van der Waals surface area contributed by atoms with Crippen LogP contribution >= 0.6 is 23.2 Å². The van der Waals surface area contributed by atoms with Crippen LogP contribution in [0.2, 0.25) is 10.3 Å².